The highest BCUT2D eigenvalue weighted by Gasteiger charge is 2.33. The van der Waals surface area contributed by atoms with Crippen LogP contribution in [0.4, 0.5) is 17.1 Å². The molecule has 0 radical (unpaired) electrons. The van der Waals surface area contributed by atoms with Crippen LogP contribution >= 0.6 is 0 Å². The van der Waals surface area contributed by atoms with Gasteiger partial charge < -0.3 is 9.64 Å². The van der Waals surface area contributed by atoms with Crippen molar-refractivity contribution in [3.8, 4) is 0 Å². The van der Waals surface area contributed by atoms with E-state index < -0.39 is 0 Å². The Bertz CT molecular complexity index is 1160. The van der Waals surface area contributed by atoms with Crippen molar-refractivity contribution in [1.82, 2.24) is 4.90 Å². The molecule has 3 aromatic rings. The van der Waals surface area contributed by atoms with Gasteiger partial charge in [-0.05, 0) is 82.7 Å². The van der Waals surface area contributed by atoms with Crippen molar-refractivity contribution in [1.29, 1.82) is 0 Å². The molecule has 1 aliphatic heterocycles. The first kappa shape index (κ1) is 23.3. The molecule has 0 N–H and O–H groups in total. The number of hydrogen-bond acceptors (Lipinski definition) is 4. The van der Waals surface area contributed by atoms with E-state index in [1.54, 1.807) is 11.0 Å². The van der Waals surface area contributed by atoms with Crippen LogP contribution in [-0.2, 0) is 9.53 Å². The van der Waals surface area contributed by atoms with Crippen LogP contribution in [0.1, 0.15) is 37.5 Å². The van der Waals surface area contributed by atoms with Crippen molar-refractivity contribution in [2.24, 2.45) is 4.99 Å². The lowest BCUT2D eigenvalue weighted by atomic mass is 10.1. The van der Waals surface area contributed by atoms with Gasteiger partial charge in [-0.2, -0.15) is 0 Å². The van der Waals surface area contributed by atoms with E-state index >= 15 is 0 Å². The number of carbonyl (C=O) groups excluding carboxylic acids is 1. The Balaban J connectivity index is 1.66. The van der Waals surface area contributed by atoms with Gasteiger partial charge >= 0.3 is 6.02 Å². The molecule has 3 aromatic carbocycles. The summed E-state index contributed by atoms with van der Waals surface area (Å²) in [5, 5.41) is 0. The van der Waals surface area contributed by atoms with Gasteiger partial charge in [0.2, 0.25) is 0 Å². The monoisotopic (exact) mass is 453 g/mol. The van der Waals surface area contributed by atoms with Crippen molar-refractivity contribution in [2.45, 2.75) is 40.7 Å². The summed E-state index contributed by atoms with van der Waals surface area (Å²) in [7, 11) is 0. The quantitative estimate of drug-likeness (QED) is 0.388. The molecule has 0 aromatic heterocycles. The number of rotatable bonds is 6. The number of aliphatic imine (C=N–C) groups is 1. The first-order chi connectivity index (χ1) is 16.4. The van der Waals surface area contributed by atoms with E-state index in [4.69, 9.17) is 4.74 Å². The highest BCUT2D eigenvalue weighted by Crippen LogP contribution is 2.35. The predicted molar refractivity (Wildman–Crippen MR) is 140 cm³/mol. The number of nitrogens with zero attached hydrogens (tertiary/aromatic N) is 3. The Morgan fingerprint density at radius 1 is 0.853 bits per heavy atom. The number of aryl methyl sites for hydroxylation is 2. The summed E-state index contributed by atoms with van der Waals surface area (Å²) in [5.41, 5.74) is 6.54. The lowest BCUT2D eigenvalue weighted by Gasteiger charge is -2.25. The highest BCUT2D eigenvalue weighted by atomic mass is 16.5. The SMILES string of the molecule is CCN1C(=O)C(=Cc2ccc(N(c3ccc(C)cc3)c3ccc(C)cc3)cc2)OC1=NC(C)C. The molecule has 1 amide bonds. The Hall–Kier alpha value is -3.86. The minimum atomic E-state index is -0.160. The van der Waals surface area contributed by atoms with Gasteiger partial charge in [-0.15, -0.1) is 0 Å². The van der Waals surface area contributed by atoms with Gasteiger partial charge in [0.05, 0.1) is 0 Å². The highest BCUT2D eigenvalue weighted by molar-refractivity contribution is 6.11. The minimum absolute atomic E-state index is 0.0463. The molecular formula is C29H31N3O2. The zero-order chi connectivity index (χ0) is 24.2. The van der Waals surface area contributed by atoms with Crippen LogP contribution in [0.2, 0.25) is 0 Å². The number of amidine groups is 1. The van der Waals surface area contributed by atoms with Crippen LogP contribution in [0.15, 0.2) is 83.5 Å². The van der Waals surface area contributed by atoms with Crippen LogP contribution < -0.4 is 4.90 Å². The van der Waals surface area contributed by atoms with Gasteiger partial charge in [0, 0.05) is 29.6 Å². The lowest BCUT2D eigenvalue weighted by molar-refractivity contribution is -0.122. The van der Waals surface area contributed by atoms with Crippen molar-refractivity contribution in [3.63, 3.8) is 0 Å². The molecule has 1 fully saturated rings. The molecule has 34 heavy (non-hydrogen) atoms. The van der Waals surface area contributed by atoms with Crippen LogP contribution in [0.5, 0.6) is 0 Å². The van der Waals surface area contributed by atoms with Crippen molar-refractivity contribution in [2.75, 3.05) is 11.4 Å². The number of amides is 1. The third kappa shape index (κ3) is 5.04. The van der Waals surface area contributed by atoms with E-state index in [0.717, 1.165) is 22.6 Å². The van der Waals surface area contributed by atoms with Gasteiger partial charge in [-0.1, -0.05) is 47.5 Å². The standard InChI is InChI=1S/C29H31N3O2/c1-6-31-28(33)27(34-29(31)30-20(2)3)19-23-11-17-26(18-12-23)32(24-13-7-21(4)8-14-24)25-15-9-22(5)10-16-25/h7-20H,6H2,1-5H3. The fourth-order valence-corrected chi connectivity index (χ4v) is 3.81. The van der Waals surface area contributed by atoms with Crippen LogP contribution in [0, 0.1) is 13.8 Å². The normalized spacial score (nSPS) is 15.9. The number of ether oxygens (including phenoxy) is 1. The molecule has 0 spiro atoms. The molecule has 174 valence electrons. The van der Waals surface area contributed by atoms with Crippen molar-refractivity contribution >= 4 is 35.1 Å². The number of likely N-dealkylation sites (N-methyl/N-ethyl adjacent to an activating group) is 1. The molecule has 1 aliphatic rings. The summed E-state index contributed by atoms with van der Waals surface area (Å²) in [4.78, 5) is 21.0. The molecule has 0 bridgehead atoms. The molecule has 0 atom stereocenters. The predicted octanol–water partition coefficient (Wildman–Crippen LogP) is 6.76. The van der Waals surface area contributed by atoms with Gasteiger partial charge in [0.25, 0.3) is 5.91 Å². The first-order valence-electron chi connectivity index (χ1n) is 11.7. The van der Waals surface area contributed by atoms with E-state index in [-0.39, 0.29) is 11.9 Å². The van der Waals surface area contributed by atoms with Crippen molar-refractivity contribution in [3.05, 3.63) is 95.2 Å². The summed E-state index contributed by atoms with van der Waals surface area (Å²) in [6, 6.07) is 25.5. The van der Waals surface area contributed by atoms with Gasteiger partial charge in [-0.25, -0.2) is 4.99 Å². The average molecular weight is 454 g/mol. The molecule has 1 saturated heterocycles. The largest absolute Gasteiger partial charge is 0.420 e. The summed E-state index contributed by atoms with van der Waals surface area (Å²) >= 11 is 0. The number of hydrogen-bond donors (Lipinski definition) is 0. The van der Waals surface area contributed by atoms with Crippen LogP contribution in [0.3, 0.4) is 0 Å². The van der Waals surface area contributed by atoms with Crippen molar-refractivity contribution < 1.29 is 9.53 Å². The lowest BCUT2D eigenvalue weighted by Crippen LogP contribution is -2.30. The number of benzene rings is 3. The Kier molecular flexibility index (Phi) is 6.82. The Morgan fingerprint density at radius 2 is 1.32 bits per heavy atom. The summed E-state index contributed by atoms with van der Waals surface area (Å²) in [6.07, 6.45) is 1.78. The first-order valence-corrected chi connectivity index (χ1v) is 11.7. The maximum atomic E-state index is 12.8. The summed E-state index contributed by atoms with van der Waals surface area (Å²) < 4.78 is 5.81. The topological polar surface area (TPSA) is 45.1 Å². The second-order valence-corrected chi connectivity index (χ2v) is 8.76. The molecule has 4 rings (SSSR count). The van der Waals surface area contributed by atoms with E-state index in [1.165, 1.54) is 11.1 Å². The summed E-state index contributed by atoms with van der Waals surface area (Å²) in [6.45, 7) is 10.5. The van der Waals surface area contributed by atoms with Crippen LogP contribution in [0.25, 0.3) is 6.08 Å². The second-order valence-electron chi connectivity index (χ2n) is 8.76. The second kappa shape index (κ2) is 9.96. The molecule has 5 heteroatoms. The van der Waals surface area contributed by atoms with Gasteiger partial charge in [-0.3, -0.25) is 9.69 Å². The number of anilines is 3. The van der Waals surface area contributed by atoms with E-state index in [9.17, 15) is 4.79 Å². The molecule has 0 aliphatic carbocycles. The third-order valence-corrected chi connectivity index (χ3v) is 5.61. The van der Waals surface area contributed by atoms with Crippen LogP contribution in [-0.4, -0.2) is 29.4 Å². The minimum Gasteiger partial charge on any atom is -0.420 e. The van der Waals surface area contributed by atoms with E-state index in [0.29, 0.717) is 18.3 Å². The van der Waals surface area contributed by atoms with Gasteiger partial charge in [0.15, 0.2) is 5.76 Å². The van der Waals surface area contributed by atoms with E-state index in [2.05, 4.69) is 84.4 Å². The molecule has 5 nitrogen and oxygen atoms in total. The maximum Gasteiger partial charge on any atom is 0.300 e. The maximum absolute atomic E-state index is 12.8. The van der Waals surface area contributed by atoms with Gasteiger partial charge in [0.1, 0.15) is 0 Å². The Labute approximate surface area is 202 Å². The zero-order valence-corrected chi connectivity index (χ0v) is 20.4. The third-order valence-electron chi connectivity index (χ3n) is 5.61. The smallest absolute Gasteiger partial charge is 0.300 e. The fourth-order valence-electron chi connectivity index (χ4n) is 3.81. The average Bonchev–Trinajstić information content (AvgIpc) is 3.10. The fraction of sp³-hybridized carbons (Fsp3) is 0.241. The van der Waals surface area contributed by atoms with E-state index in [1.807, 2.05) is 32.9 Å². The molecule has 0 saturated carbocycles. The zero-order valence-electron chi connectivity index (χ0n) is 20.4. The molecular weight excluding hydrogens is 422 g/mol. The molecule has 1 heterocycles. The number of carbonyl (C=O) groups is 1. The summed E-state index contributed by atoms with van der Waals surface area (Å²) in [5.74, 6) is 0.134. The molecule has 0 unspecified atom stereocenters. The Morgan fingerprint density at radius 3 is 1.76 bits per heavy atom.